The zero-order valence-corrected chi connectivity index (χ0v) is 21.7. The van der Waals surface area contributed by atoms with E-state index in [0.717, 1.165) is 37.8 Å². The molecule has 0 fully saturated rings. The first-order valence-corrected chi connectivity index (χ1v) is 13.2. The van der Waals surface area contributed by atoms with Gasteiger partial charge in [0.2, 0.25) is 5.95 Å². The molecular formula is C31H29FN4S. The second kappa shape index (κ2) is 11.4. The summed E-state index contributed by atoms with van der Waals surface area (Å²) in [6.07, 6.45) is 0. The van der Waals surface area contributed by atoms with Gasteiger partial charge in [-0.1, -0.05) is 92.3 Å². The van der Waals surface area contributed by atoms with Gasteiger partial charge in [0.25, 0.3) is 0 Å². The predicted octanol–water partition coefficient (Wildman–Crippen LogP) is 8.73. The van der Waals surface area contributed by atoms with Gasteiger partial charge in [0.1, 0.15) is 12.5 Å². The minimum atomic E-state index is -0.482. The number of nitrogens with one attached hydrogen (secondary N) is 2. The van der Waals surface area contributed by atoms with Crippen molar-refractivity contribution < 1.29 is 4.39 Å². The molecule has 6 heteroatoms. The van der Waals surface area contributed by atoms with E-state index < -0.39 is 6.67 Å². The van der Waals surface area contributed by atoms with Gasteiger partial charge >= 0.3 is 0 Å². The number of hydrogen-bond acceptors (Lipinski definition) is 5. The standard InChI is InChI=1S/C31H29FN4S/c1-21(2)24-13-5-7-15-26(24)34-30-25-14-6-8-16-27(25)35-31(36-30)33-20-23-12-4-10-18-29(23)37-28-17-9-3-11-22(28)19-32/h3-18,21H,19-20H2,1-2H3,(H2,33,34,35,36). The molecule has 186 valence electrons. The van der Waals surface area contributed by atoms with Crippen molar-refractivity contribution in [1.29, 1.82) is 0 Å². The van der Waals surface area contributed by atoms with E-state index in [2.05, 4.69) is 54.8 Å². The first-order chi connectivity index (χ1) is 18.1. The lowest BCUT2D eigenvalue weighted by Gasteiger charge is -2.16. The highest BCUT2D eigenvalue weighted by Gasteiger charge is 2.13. The largest absolute Gasteiger partial charge is 0.350 e. The van der Waals surface area contributed by atoms with Gasteiger partial charge in [0.05, 0.1) is 5.52 Å². The molecule has 37 heavy (non-hydrogen) atoms. The van der Waals surface area contributed by atoms with Crippen LogP contribution in [-0.4, -0.2) is 9.97 Å². The maximum absolute atomic E-state index is 13.5. The molecule has 1 heterocycles. The zero-order chi connectivity index (χ0) is 25.6. The van der Waals surface area contributed by atoms with Crippen LogP contribution < -0.4 is 10.6 Å². The fourth-order valence-electron chi connectivity index (χ4n) is 4.25. The van der Waals surface area contributed by atoms with Gasteiger partial charge in [-0.05, 0) is 52.9 Å². The van der Waals surface area contributed by atoms with Gasteiger partial charge in [-0.15, -0.1) is 0 Å². The molecule has 0 spiro atoms. The van der Waals surface area contributed by atoms with Gasteiger partial charge in [0.15, 0.2) is 0 Å². The summed E-state index contributed by atoms with van der Waals surface area (Å²) < 4.78 is 13.5. The summed E-state index contributed by atoms with van der Waals surface area (Å²) in [6.45, 7) is 4.44. The number of nitrogens with zero attached hydrogens (tertiary/aromatic N) is 2. The molecule has 0 saturated heterocycles. The van der Waals surface area contributed by atoms with Gasteiger partial charge in [0, 0.05) is 27.4 Å². The highest BCUT2D eigenvalue weighted by molar-refractivity contribution is 7.99. The van der Waals surface area contributed by atoms with Crippen molar-refractivity contribution in [3.8, 4) is 0 Å². The zero-order valence-electron chi connectivity index (χ0n) is 20.9. The Balaban J connectivity index is 1.43. The molecule has 0 radical (unpaired) electrons. The molecule has 1 aromatic heterocycles. The van der Waals surface area contributed by atoms with E-state index in [0.29, 0.717) is 24.0 Å². The highest BCUT2D eigenvalue weighted by atomic mass is 32.2. The Morgan fingerprint density at radius 3 is 2.19 bits per heavy atom. The fourth-order valence-corrected chi connectivity index (χ4v) is 5.30. The van der Waals surface area contributed by atoms with Crippen molar-refractivity contribution in [1.82, 2.24) is 9.97 Å². The summed E-state index contributed by atoms with van der Waals surface area (Å²) in [4.78, 5) is 11.6. The minimum Gasteiger partial charge on any atom is -0.350 e. The molecule has 2 N–H and O–H groups in total. The molecular weight excluding hydrogens is 479 g/mol. The predicted molar refractivity (Wildman–Crippen MR) is 152 cm³/mol. The molecule has 4 nitrogen and oxygen atoms in total. The topological polar surface area (TPSA) is 49.8 Å². The molecule has 5 rings (SSSR count). The van der Waals surface area contributed by atoms with Crippen LogP contribution in [0.4, 0.5) is 21.8 Å². The average Bonchev–Trinajstić information content (AvgIpc) is 2.93. The number of benzene rings is 4. The number of hydrogen-bond donors (Lipinski definition) is 2. The normalized spacial score (nSPS) is 11.1. The van der Waals surface area contributed by atoms with Crippen molar-refractivity contribution in [2.75, 3.05) is 10.6 Å². The molecule has 0 atom stereocenters. The summed E-state index contributed by atoms with van der Waals surface area (Å²) in [7, 11) is 0. The van der Waals surface area contributed by atoms with E-state index in [1.54, 1.807) is 11.8 Å². The van der Waals surface area contributed by atoms with E-state index in [4.69, 9.17) is 9.97 Å². The number of halogens is 1. The maximum Gasteiger partial charge on any atom is 0.225 e. The van der Waals surface area contributed by atoms with Crippen molar-refractivity contribution in [3.63, 3.8) is 0 Å². The van der Waals surface area contributed by atoms with Gasteiger partial charge in [-0.3, -0.25) is 0 Å². The van der Waals surface area contributed by atoms with Crippen LogP contribution >= 0.6 is 11.8 Å². The summed E-state index contributed by atoms with van der Waals surface area (Å²) in [5, 5.41) is 7.95. The number of fused-ring (bicyclic) bond motifs is 1. The monoisotopic (exact) mass is 508 g/mol. The number of aromatic nitrogens is 2. The Kier molecular flexibility index (Phi) is 7.66. The third kappa shape index (κ3) is 5.75. The van der Waals surface area contributed by atoms with E-state index in [1.165, 1.54) is 5.56 Å². The van der Waals surface area contributed by atoms with Crippen LogP contribution in [0.15, 0.2) is 107 Å². The average molecular weight is 509 g/mol. The van der Waals surface area contributed by atoms with Crippen LogP contribution in [0.3, 0.4) is 0 Å². The first kappa shape index (κ1) is 24.8. The van der Waals surface area contributed by atoms with Gasteiger partial charge in [-0.2, -0.15) is 4.98 Å². The second-order valence-electron chi connectivity index (χ2n) is 9.08. The van der Waals surface area contributed by atoms with E-state index >= 15 is 0 Å². The smallest absolute Gasteiger partial charge is 0.225 e. The van der Waals surface area contributed by atoms with Crippen LogP contribution in [-0.2, 0) is 13.2 Å². The summed E-state index contributed by atoms with van der Waals surface area (Å²) in [6, 6.07) is 32.1. The SMILES string of the molecule is CC(C)c1ccccc1Nc1nc(NCc2ccccc2Sc2ccccc2CF)nc2ccccc12. The number of alkyl halides is 1. The van der Waals surface area contributed by atoms with Crippen molar-refractivity contribution >= 4 is 40.1 Å². The molecule has 0 aliphatic carbocycles. The van der Waals surface area contributed by atoms with E-state index in [9.17, 15) is 4.39 Å². The second-order valence-corrected chi connectivity index (χ2v) is 10.2. The molecule has 4 aromatic carbocycles. The molecule has 0 unspecified atom stereocenters. The summed E-state index contributed by atoms with van der Waals surface area (Å²) in [5.41, 5.74) is 4.94. The lowest BCUT2D eigenvalue weighted by Crippen LogP contribution is -2.07. The maximum atomic E-state index is 13.5. The Labute approximate surface area is 221 Å². The van der Waals surface area contributed by atoms with Gasteiger partial charge < -0.3 is 10.6 Å². The molecule has 0 bridgehead atoms. The van der Waals surface area contributed by atoms with Crippen LogP contribution in [0.2, 0.25) is 0 Å². The van der Waals surface area contributed by atoms with Crippen LogP contribution in [0.5, 0.6) is 0 Å². The molecule has 0 aliphatic heterocycles. The van der Waals surface area contributed by atoms with E-state index in [-0.39, 0.29) is 0 Å². The van der Waals surface area contributed by atoms with Crippen molar-refractivity contribution in [3.05, 3.63) is 114 Å². The van der Waals surface area contributed by atoms with Crippen LogP contribution in [0.1, 0.15) is 36.5 Å². The number of para-hydroxylation sites is 2. The Hall–Kier alpha value is -3.90. The van der Waals surface area contributed by atoms with Crippen molar-refractivity contribution in [2.24, 2.45) is 0 Å². The van der Waals surface area contributed by atoms with Crippen LogP contribution in [0.25, 0.3) is 10.9 Å². The fraction of sp³-hybridized carbons (Fsp3) is 0.161. The summed E-state index contributed by atoms with van der Waals surface area (Å²) in [5.74, 6) is 1.69. The van der Waals surface area contributed by atoms with Gasteiger partial charge in [-0.25, -0.2) is 9.37 Å². The lowest BCUT2D eigenvalue weighted by atomic mass is 10.0. The Morgan fingerprint density at radius 2 is 1.41 bits per heavy atom. The summed E-state index contributed by atoms with van der Waals surface area (Å²) >= 11 is 1.58. The number of rotatable bonds is 9. The Morgan fingerprint density at radius 1 is 0.757 bits per heavy atom. The number of anilines is 3. The lowest BCUT2D eigenvalue weighted by molar-refractivity contribution is 0.480. The highest BCUT2D eigenvalue weighted by Crippen LogP contribution is 2.34. The minimum absolute atomic E-state index is 0.380. The molecule has 5 aromatic rings. The quantitative estimate of drug-likeness (QED) is 0.208. The van der Waals surface area contributed by atoms with E-state index in [1.807, 2.05) is 66.7 Å². The van der Waals surface area contributed by atoms with Crippen LogP contribution in [0, 0.1) is 0 Å². The Bertz CT molecular complexity index is 1520. The first-order valence-electron chi connectivity index (χ1n) is 12.4. The molecule has 0 aliphatic rings. The third-order valence-electron chi connectivity index (χ3n) is 6.19. The molecule has 0 amide bonds. The third-order valence-corrected chi connectivity index (χ3v) is 7.42. The molecule has 0 saturated carbocycles. The van der Waals surface area contributed by atoms with Crippen molar-refractivity contribution in [2.45, 2.75) is 42.8 Å².